The van der Waals surface area contributed by atoms with Crippen molar-refractivity contribution >= 4 is 29.4 Å². The molecule has 0 aromatic heterocycles. The molecule has 8 nitrogen and oxygen atoms in total. The number of anilines is 2. The summed E-state index contributed by atoms with van der Waals surface area (Å²) < 4.78 is 11.9. The van der Waals surface area contributed by atoms with Gasteiger partial charge in [0, 0.05) is 22.5 Å². The van der Waals surface area contributed by atoms with Crippen LogP contribution in [0.4, 0.5) is 15.8 Å². The van der Waals surface area contributed by atoms with Crippen molar-refractivity contribution in [2.45, 2.75) is 33.1 Å². The van der Waals surface area contributed by atoms with Crippen molar-refractivity contribution in [3.63, 3.8) is 0 Å². The Labute approximate surface area is 270 Å². The Morgan fingerprint density at radius 3 is 2.00 bits per heavy atom. The number of hydrazone groups is 1. The van der Waals surface area contributed by atoms with E-state index in [1.165, 1.54) is 56.8 Å². The summed E-state index contributed by atoms with van der Waals surface area (Å²) in [4.78, 5) is 11.0. The summed E-state index contributed by atoms with van der Waals surface area (Å²) in [7, 11) is 7.00. The average molecular weight is 555 g/mol. The molecule has 0 spiro atoms. The van der Waals surface area contributed by atoms with Crippen molar-refractivity contribution < 1.29 is 60.6 Å². The number of hydrogen-bond donors (Lipinski definition) is 4. The quantitative estimate of drug-likeness (QED) is 0.0845. The topological polar surface area (TPSA) is 132 Å². The Morgan fingerprint density at radius 2 is 1.74 bits per heavy atom. The first-order chi connectivity index (χ1) is 17.7. The fraction of sp³-hybridized carbons (Fsp3) is 0.357. The molecule has 1 fully saturated rings. The average Bonchev–Trinajstić information content (AvgIpc) is 2.84. The standard InChI is InChI=1S/C11H13N4O2.C6H5F.C6H10.C3H9N.C2H7N.K/c1-7(5-14-13)11-8(6-16)3-9(15(2)17)4-10(11)12;7-6-4-2-1-3-5-6;1-2-6-4-3-5-6;1-3-4-2;1-3-2;/h3-6H,1,12-13H2,2H3;1-5H;2H,3-5H2,1H3;4H,3H2,1-2H3;3H,1-2H3;/q-1;;;;;+1/b14-5-;;;;;. The van der Waals surface area contributed by atoms with Crippen LogP contribution in [0.15, 0.2) is 65.8 Å². The first-order valence-corrected chi connectivity index (χ1v) is 12.0. The van der Waals surface area contributed by atoms with Gasteiger partial charge in [-0.15, -0.1) is 0 Å². The van der Waals surface area contributed by atoms with E-state index in [4.69, 9.17) is 11.6 Å². The van der Waals surface area contributed by atoms with Crippen molar-refractivity contribution in [2.75, 3.05) is 45.5 Å². The predicted octanol–water partition coefficient (Wildman–Crippen LogP) is 1.98. The van der Waals surface area contributed by atoms with Crippen LogP contribution in [0.2, 0.25) is 0 Å². The van der Waals surface area contributed by atoms with Gasteiger partial charge in [0.05, 0.1) is 6.21 Å². The van der Waals surface area contributed by atoms with Gasteiger partial charge in [-0.2, -0.15) is 5.10 Å². The molecule has 1 aliphatic carbocycles. The minimum Gasteiger partial charge on any atom is -0.758 e. The van der Waals surface area contributed by atoms with Crippen LogP contribution in [-0.4, -0.2) is 47.2 Å². The second kappa shape index (κ2) is 26.7. The van der Waals surface area contributed by atoms with E-state index in [-0.39, 0.29) is 68.5 Å². The fourth-order valence-corrected chi connectivity index (χ4v) is 2.56. The van der Waals surface area contributed by atoms with Crippen LogP contribution in [0, 0.1) is 11.0 Å². The first-order valence-electron chi connectivity index (χ1n) is 12.0. The largest absolute Gasteiger partial charge is 1.00 e. The summed E-state index contributed by atoms with van der Waals surface area (Å²) in [6.45, 7) is 8.96. The van der Waals surface area contributed by atoms with Gasteiger partial charge < -0.3 is 32.5 Å². The fourth-order valence-electron chi connectivity index (χ4n) is 2.56. The Kier molecular flexibility index (Phi) is 28.5. The molecule has 38 heavy (non-hydrogen) atoms. The van der Waals surface area contributed by atoms with Crippen molar-refractivity contribution in [1.29, 1.82) is 0 Å². The molecule has 3 rings (SSSR count). The molecule has 0 atom stereocenters. The van der Waals surface area contributed by atoms with Crippen molar-refractivity contribution in [2.24, 2.45) is 10.9 Å². The molecule has 0 saturated heterocycles. The van der Waals surface area contributed by atoms with Gasteiger partial charge in [0.25, 0.3) is 0 Å². The van der Waals surface area contributed by atoms with Gasteiger partial charge in [0.1, 0.15) is 5.82 Å². The number of hydrogen-bond acceptors (Lipinski definition) is 8. The third-order valence-electron chi connectivity index (χ3n) is 4.72. The molecule has 206 valence electrons. The van der Waals surface area contributed by atoms with Crippen LogP contribution in [0.3, 0.4) is 0 Å². The molecular formula is C28H44FKN6O2. The molecule has 6 N–H and O–H groups in total. The van der Waals surface area contributed by atoms with Crippen LogP contribution in [0.1, 0.15) is 49.0 Å². The van der Waals surface area contributed by atoms with E-state index in [0.29, 0.717) is 28.2 Å². The maximum Gasteiger partial charge on any atom is 1.00 e. The number of carbonyl (C=O) groups is 1. The summed E-state index contributed by atoms with van der Waals surface area (Å²) in [5.74, 6) is 4.83. The maximum atomic E-state index is 11.9. The molecular weight excluding hydrogens is 510 g/mol. The Balaban J connectivity index is -0.000000479. The van der Waals surface area contributed by atoms with Gasteiger partial charge in [-0.1, -0.05) is 43.4 Å². The molecule has 2 aromatic rings. The van der Waals surface area contributed by atoms with Crippen LogP contribution in [0.25, 0.3) is 5.57 Å². The van der Waals surface area contributed by atoms with Crippen molar-refractivity contribution in [3.05, 3.63) is 82.8 Å². The van der Waals surface area contributed by atoms with Crippen LogP contribution in [0.5, 0.6) is 0 Å². The number of nitrogen functional groups attached to an aromatic ring is 1. The molecule has 0 radical (unpaired) electrons. The number of rotatable bonds is 5. The van der Waals surface area contributed by atoms with E-state index in [0.717, 1.165) is 6.54 Å². The minimum atomic E-state index is -0.178. The monoisotopic (exact) mass is 554 g/mol. The number of aldehydes is 1. The maximum absolute atomic E-state index is 11.9. The second-order valence-corrected chi connectivity index (χ2v) is 7.72. The van der Waals surface area contributed by atoms with E-state index in [1.807, 2.05) is 21.1 Å². The number of nitrogens with two attached hydrogens (primary N) is 2. The van der Waals surface area contributed by atoms with E-state index in [2.05, 4.69) is 42.2 Å². The number of carbonyl (C=O) groups excluding carboxylic acids is 1. The summed E-state index contributed by atoms with van der Waals surface area (Å²) in [6.07, 6.45) is 8.30. The van der Waals surface area contributed by atoms with Crippen molar-refractivity contribution in [1.82, 2.24) is 10.6 Å². The zero-order valence-corrected chi connectivity index (χ0v) is 27.2. The van der Waals surface area contributed by atoms with E-state index >= 15 is 0 Å². The first kappa shape index (κ1) is 40.6. The number of benzene rings is 2. The second-order valence-electron chi connectivity index (χ2n) is 7.72. The number of hydroxylamine groups is 1. The summed E-state index contributed by atoms with van der Waals surface area (Å²) >= 11 is 0. The minimum absolute atomic E-state index is 0. The van der Waals surface area contributed by atoms with Gasteiger partial charge in [0.15, 0.2) is 6.29 Å². The third-order valence-corrected chi connectivity index (χ3v) is 4.72. The summed E-state index contributed by atoms with van der Waals surface area (Å²) in [5, 5.41) is 20.8. The van der Waals surface area contributed by atoms with E-state index in [1.54, 1.807) is 23.8 Å². The predicted molar refractivity (Wildman–Crippen MR) is 158 cm³/mol. The molecule has 0 bridgehead atoms. The molecule has 1 saturated carbocycles. The number of allylic oxidation sites excluding steroid dienone is 3. The van der Waals surface area contributed by atoms with Crippen LogP contribution in [-0.2, 0) is 0 Å². The molecule has 0 amide bonds. The molecule has 10 heteroatoms. The molecule has 0 aliphatic heterocycles. The Hall–Kier alpha value is -1.89. The van der Waals surface area contributed by atoms with E-state index in [9.17, 15) is 14.4 Å². The molecule has 1 aliphatic rings. The summed E-state index contributed by atoms with van der Waals surface area (Å²) in [6, 6.07) is 10.8. The van der Waals surface area contributed by atoms with Gasteiger partial charge in [-0.25, -0.2) is 4.39 Å². The van der Waals surface area contributed by atoms with Gasteiger partial charge in [0.2, 0.25) is 0 Å². The zero-order valence-electron chi connectivity index (χ0n) is 24.1. The Morgan fingerprint density at radius 1 is 1.21 bits per heavy atom. The smallest absolute Gasteiger partial charge is 0.758 e. The zero-order chi connectivity index (χ0) is 28.6. The van der Waals surface area contributed by atoms with Gasteiger partial charge >= 0.3 is 51.4 Å². The number of halogens is 1. The van der Waals surface area contributed by atoms with Gasteiger partial charge in [-0.05, 0) is 90.8 Å². The Bertz CT molecular complexity index is 946. The normalized spacial score (nSPS) is 10.7. The molecule has 0 heterocycles. The van der Waals surface area contributed by atoms with Crippen LogP contribution >= 0.6 is 0 Å². The third kappa shape index (κ3) is 19.2. The molecule has 0 unspecified atom stereocenters. The van der Waals surface area contributed by atoms with Crippen LogP contribution < -0.4 is 78.7 Å². The van der Waals surface area contributed by atoms with Crippen molar-refractivity contribution in [3.8, 4) is 0 Å². The molecule has 2 aromatic carbocycles. The number of nitrogens with one attached hydrogen (secondary N) is 2. The SMILES string of the molecule is C=C(/C=N\N)c1c(N)cc(N(C)[O-])cc1C=O.CC=C1CCC1.CCNC.CNC.Fc1ccccc1.[K+]. The summed E-state index contributed by atoms with van der Waals surface area (Å²) in [5.41, 5.74) is 9.11. The number of nitrogens with zero attached hydrogens (tertiary/aromatic N) is 2. The van der Waals surface area contributed by atoms with Gasteiger partial charge in [-0.3, -0.25) is 4.79 Å². The van der Waals surface area contributed by atoms with E-state index < -0.39 is 0 Å².